The molecule has 2 aromatic rings. The van der Waals surface area contributed by atoms with Gasteiger partial charge in [-0.1, -0.05) is 22.0 Å². The van der Waals surface area contributed by atoms with Gasteiger partial charge in [-0.05, 0) is 40.6 Å². The van der Waals surface area contributed by atoms with Gasteiger partial charge in [0.05, 0.1) is 0 Å². The lowest BCUT2D eigenvalue weighted by molar-refractivity contribution is -0.138. The normalized spacial score (nSPS) is 12.6. The fraction of sp³-hybridized carbons (Fsp3) is 0.154. The number of aromatic hydroxyl groups is 1. The van der Waals surface area contributed by atoms with Crippen LogP contribution in [-0.2, 0) is 11.2 Å². The predicted octanol–water partition coefficient (Wildman–Crippen LogP) is 2.26. The molecule has 1 atom stereocenters. The van der Waals surface area contributed by atoms with Crippen LogP contribution in [0.2, 0.25) is 0 Å². The van der Waals surface area contributed by atoms with Crippen molar-refractivity contribution in [3.63, 3.8) is 0 Å². The SMILES string of the molecule is NC(Cc1cc2cc(Br)ccc2cc1O)C(=O)O. The molecule has 0 spiro atoms. The van der Waals surface area contributed by atoms with Gasteiger partial charge in [0.2, 0.25) is 0 Å². The second-order valence-corrected chi connectivity index (χ2v) is 5.04. The van der Waals surface area contributed by atoms with Crippen molar-refractivity contribution in [1.29, 1.82) is 0 Å². The molecule has 4 nitrogen and oxygen atoms in total. The van der Waals surface area contributed by atoms with Gasteiger partial charge in [-0.3, -0.25) is 4.79 Å². The molecule has 0 heterocycles. The summed E-state index contributed by atoms with van der Waals surface area (Å²) in [5.41, 5.74) is 6.01. The number of benzene rings is 2. The zero-order chi connectivity index (χ0) is 13.3. The quantitative estimate of drug-likeness (QED) is 0.812. The highest BCUT2D eigenvalue weighted by molar-refractivity contribution is 9.10. The lowest BCUT2D eigenvalue weighted by atomic mass is 10.0. The van der Waals surface area contributed by atoms with Crippen LogP contribution in [0.5, 0.6) is 5.75 Å². The molecule has 0 saturated carbocycles. The highest BCUT2D eigenvalue weighted by atomic mass is 79.9. The average Bonchev–Trinajstić information content (AvgIpc) is 2.30. The lowest BCUT2D eigenvalue weighted by Gasteiger charge is -2.10. The Morgan fingerprint density at radius 1 is 1.28 bits per heavy atom. The van der Waals surface area contributed by atoms with Crippen molar-refractivity contribution in [2.24, 2.45) is 5.73 Å². The molecule has 0 aliphatic carbocycles. The highest BCUT2D eigenvalue weighted by Gasteiger charge is 2.15. The van der Waals surface area contributed by atoms with Crippen LogP contribution in [0.1, 0.15) is 5.56 Å². The van der Waals surface area contributed by atoms with Gasteiger partial charge >= 0.3 is 5.97 Å². The Bertz CT molecular complexity index is 612. The third-order valence-electron chi connectivity index (χ3n) is 2.76. The number of carbonyl (C=O) groups is 1. The van der Waals surface area contributed by atoms with Crippen molar-refractivity contribution in [2.75, 3.05) is 0 Å². The summed E-state index contributed by atoms with van der Waals surface area (Å²) in [6.45, 7) is 0. The first-order valence-corrected chi connectivity index (χ1v) is 6.16. The highest BCUT2D eigenvalue weighted by Crippen LogP contribution is 2.28. The van der Waals surface area contributed by atoms with E-state index in [4.69, 9.17) is 10.8 Å². The minimum absolute atomic E-state index is 0.0709. The molecule has 94 valence electrons. The van der Waals surface area contributed by atoms with E-state index in [1.54, 1.807) is 12.1 Å². The third kappa shape index (κ3) is 2.63. The maximum absolute atomic E-state index is 10.7. The number of halogens is 1. The molecule has 0 aliphatic rings. The van der Waals surface area contributed by atoms with Gasteiger partial charge in [0.15, 0.2) is 0 Å². The Balaban J connectivity index is 2.44. The monoisotopic (exact) mass is 309 g/mol. The Hall–Kier alpha value is -1.59. The smallest absolute Gasteiger partial charge is 0.320 e. The second kappa shape index (κ2) is 4.96. The van der Waals surface area contributed by atoms with Crippen molar-refractivity contribution in [2.45, 2.75) is 12.5 Å². The predicted molar refractivity (Wildman–Crippen MR) is 72.6 cm³/mol. The molecule has 2 rings (SSSR count). The van der Waals surface area contributed by atoms with Gasteiger partial charge in [0.1, 0.15) is 11.8 Å². The maximum atomic E-state index is 10.7. The zero-order valence-electron chi connectivity index (χ0n) is 9.43. The van der Waals surface area contributed by atoms with E-state index in [1.165, 1.54) is 0 Å². The topological polar surface area (TPSA) is 83.5 Å². The van der Waals surface area contributed by atoms with E-state index >= 15 is 0 Å². The molecule has 1 unspecified atom stereocenters. The molecule has 0 amide bonds. The number of carboxylic acids is 1. The summed E-state index contributed by atoms with van der Waals surface area (Å²) in [7, 11) is 0. The summed E-state index contributed by atoms with van der Waals surface area (Å²) in [5.74, 6) is -1.01. The number of carboxylic acid groups (broad SMARTS) is 1. The van der Waals surface area contributed by atoms with E-state index in [2.05, 4.69) is 15.9 Å². The van der Waals surface area contributed by atoms with Crippen LogP contribution in [0.3, 0.4) is 0 Å². The molecule has 0 radical (unpaired) electrons. The van der Waals surface area contributed by atoms with Crippen molar-refractivity contribution < 1.29 is 15.0 Å². The molecule has 0 aromatic heterocycles. The molecule has 0 aliphatic heterocycles. The fourth-order valence-electron chi connectivity index (χ4n) is 1.79. The molecular formula is C13H12BrNO3. The van der Waals surface area contributed by atoms with Crippen LogP contribution in [-0.4, -0.2) is 22.2 Å². The van der Waals surface area contributed by atoms with Gasteiger partial charge in [-0.15, -0.1) is 0 Å². The van der Waals surface area contributed by atoms with E-state index < -0.39 is 12.0 Å². The maximum Gasteiger partial charge on any atom is 0.320 e. The number of fused-ring (bicyclic) bond motifs is 1. The van der Waals surface area contributed by atoms with Crippen molar-refractivity contribution in [3.05, 3.63) is 40.4 Å². The van der Waals surface area contributed by atoms with Crippen LogP contribution < -0.4 is 5.73 Å². The molecule has 2 aromatic carbocycles. The van der Waals surface area contributed by atoms with Gasteiger partial charge in [-0.2, -0.15) is 0 Å². The van der Waals surface area contributed by atoms with Crippen LogP contribution >= 0.6 is 15.9 Å². The Morgan fingerprint density at radius 2 is 2.00 bits per heavy atom. The van der Waals surface area contributed by atoms with E-state index in [0.717, 1.165) is 15.2 Å². The van der Waals surface area contributed by atoms with E-state index in [1.807, 2.05) is 18.2 Å². The molecule has 0 fully saturated rings. The van der Waals surface area contributed by atoms with E-state index in [9.17, 15) is 9.90 Å². The lowest BCUT2D eigenvalue weighted by Crippen LogP contribution is -2.32. The molecular weight excluding hydrogens is 298 g/mol. The minimum atomic E-state index is -1.08. The first-order chi connectivity index (χ1) is 8.47. The van der Waals surface area contributed by atoms with E-state index in [0.29, 0.717) is 5.56 Å². The Labute approximate surface area is 112 Å². The summed E-state index contributed by atoms with van der Waals surface area (Å²) < 4.78 is 0.925. The van der Waals surface area contributed by atoms with E-state index in [-0.39, 0.29) is 12.2 Å². The standard InChI is InChI=1S/C13H12BrNO3/c14-10-2-1-7-6-12(16)9(3-8(7)4-10)5-11(15)13(17)18/h1-4,6,11,16H,5,15H2,(H,17,18). The van der Waals surface area contributed by atoms with Crippen LogP contribution in [0.4, 0.5) is 0 Å². The average molecular weight is 310 g/mol. The molecule has 18 heavy (non-hydrogen) atoms. The third-order valence-corrected chi connectivity index (χ3v) is 3.25. The van der Waals surface area contributed by atoms with Crippen LogP contribution in [0.25, 0.3) is 10.8 Å². The Kier molecular flexibility index (Phi) is 3.54. The first kappa shape index (κ1) is 12.9. The number of phenols is 1. The second-order valence-electron chi connectivity index (χ2n) is 4.12. The number of nitrogens with two attached hydrogens (primary N) is 1. The number of aliphatic carboxylic acids is 1. The fourth-order valence-corrected chi connectivity index (χ4v) is 2.17. The van der Waals surface area contributed by atoms with Crippen LogP contribution in [0, 0.1) is 0 Å². The summed E-state index contributed by atoms with van der Waals surface area (Å²) in [5, 5.41) is 20.4. The molecule has 4 N–H and O–H groups in total. The van der Waals surface area contributed by atoms with Gasteiger partial charge in [-0.25, -0.2) is 0 Å². The number of hydrogen-bond acceptors (Lipinski definition) is 3. The molecule has 0 saturated heterocycles. The summed E-state index contributed by atoms with van der Waals surface area (Å²) in [4.78, 5) is 10.7. The molecule has 0 bridgehead atoms. The van der Waals surface area contributed by atoms with Gasteiger partial charge in [0, 0.05) is 10.9 Å². The zero-order valence-corrected chi connectivity index (χ0v) is 11.0. The molecule has 5 heteroatoms. The first-order valence-electron chi connectivity index (χ1n) is 5.37. The van der Waals surface area contributed by atoms with Crippen molar-refractivity contribution in [3.8, 4) is 5.75 Å². The number of phenolic OH excluding ortho intramolecular Hbond substituents is 1. The number of hydrogen-bond donors (Lipinski definition) is 3. The van der Waals surface area contributed by atoms with Gasteiger partial charge < -0.3 is 15.9 Å². The van der Waals surface area contributed by atoms with Crippen molar-refractivity contribution >= 4 is 32.7 Å². The summed E-state index contributed by atoms with van der Waals surface area (Å²) >= 11 is 3.37. The van der Waals surface area contributed by atoms with Gasteiger partial charge in [0.25, 0.3) is 0 Å². The summed E-state index contributed by atoms with van der Waals surface area (Å²) in [6, 6.07) is 8.03. The van der Waals surface area contributed by atoms with Crippen molar-refractivity contribution in [1.82, 2.24) is 0 Å². The largest absolute Gasteiger partial charge is 0.508 e. The Morgan fingerprint density at radius 3 is 2.67 bits per heavy atom. The van der Waals surface area contributed by atoms with Crippen LogP contribution in [0.15, 0.2) is 34.8 Å². The number of rotatable bonds is 3. The minimum Gasteiger partial charge on any atom is -0.508 e. The summed E-state index contributed by atoms with van der Waals surface area (Å²) in [6.07, 6.45) is 0.101.